The molecule has 7 nitrogen and oxygen atoms in total. The number of fused-ring (bicyclic) bond motifs is 1. The lowest BCUT2D eigenvalue weighted by molar-refractivity contribution is 0.0600. The van der Waals surface area contributed by atoms with E-state index in [1.807, 2.05) is 48.7 Å². The van der Waals surface area contributed by atoms with Crippen LogP contribution in [0.15, 0.2) is 97.5 Å². The summed E-state index contributed by atoms with van der Waals surface area (Å²) in [6, 6.07) is 23.8. The van der Waals surface area contributed by atoms with E-state index >= 15 is 0 Å². The van der Waals surface area contributed by atoms with E-state index in [9.17, 15) is 9.59 Å². The zero-order valence-electron chi connectivity index (χ0n) is 19.9. The topological polar surface area (TPSA) is 96.1 Å². The number of benzene rings is 3. The monoisotopic (exact) mass is 486 g/mol. The number of H-pyrrole nitrogens is 1. The van der Waals surface area contributed by atoms with Gasteiger partial charge in [0.25, 0.3) is 0 Å². The zero-order valence-corrected chi connectivity index (χ0v) is 19.9. The Labute approximate surface area is 213 Å². The van der Waals surface area contributed by atoms with Crippen LogP contribution in [-0.4, -0.2) is 29.1 Å². The first kappa shape index (κ1) is 23.4. The number of amides is 2. The van der Waals surface area contributed by atoms with Gasteiger partial charge >= 0.3 is 12.0 Å². The molecular weight excluding hydrogens is 464 g/mol. The number of ether oxygens (including phenoxy) is 1. The SMILES string of the molecule is COC(=O)c1ccccc1C#Cc1ccc(NC(=O)Nc2cccnc2)cc1-c1ccc2cc[nH]c2c1. The first-order valence-corrected chi connectivity index (χ1v) is 11.5. The van der Waals surface area contributed by atoms with Crippen LogP contribution < -0.4 is 10.6 Å². The summed E-state index contributed by atoms with van der Waals surface area (Å²) in [5.74, 6) is 5.88. The normalized spacial score (nSPS) is 10.3. The van der Waals surface area contributed by atoms with Crippen molar-refractivity contribution < 1.29 is 14.3 Å². The van der Waals surface area contributed by atoms with Gasteiger partial charge in [0.2, 0.25) is 0 Å². The van der Waals surface area contributed by atoms with Crippen molar-refractivity contribution in [3.63, 3.8) is 0 Å². The minimum Gasteiger partial charge on any atom is -0.465 e. The van der Waals surface area contributed by atoms with Crippen molar-refractivity contribution in [1.29, 1.82) is 0 Å². The quantitative estimate of drug-likeness (QED) is 0.213. The number of aromatic amines is 1. The minimum absolute atomic E-state index is 0.385. The van der Waals surface area contributed by atoms with Crippen molar-refractivity contribution in [3.8, 4) is 23.0 Å². The molecule has 0 unspecified atom stereocenters. The first-order valence-electron chi connectivity index (χ1n) is 11.5. The predicted octanol–water partition coefficient (Wildman–Crippen LogP) is 6.06. The maximum absolute atomic E-state index is 12.6. The fourth-order valence-electron chi connectivity index (χ4n) is 3.93. The number of rotatable bonds is 4. The van der Waals surface area contributed by atoms with E-state index in [1.165, 1.54) is 7.11 Å². The molecule has 0 atom stereocenters. The molecule has 0 saturated carbocycles. The summed E-state index contributed by atoms with van der Waals surface area (Å²) in [6.07, 6.45) is 5.10. The van der Waals surface area contributed by atoms with Gasteiger partial charge in [-0.05, 0) is 71.1 Å². The molecule has 0 spiro atoms. The molecule has 3 aromatic carbocycles. The molecule has 7 heteroatoms. The van der Waals surface area contributed by atoms with Crippen molar-refractivity contribution in [3.05, 3.63) is 114 Å². The number of urea groups is 1. The highest BCUT2D eigenvalue weighted by Gasteiger charge is 2.11. The largest absolute Gasteiger partial charge is 0.465 e. The lowest BCUT2D eigenvalue weighted by atomic mass is 9.97. The fraction of sp³-hybridized carbons (Fsp3) is 0.0333. The van der Waals surface area contributed by atoms with E-state index in [4.69, 9.17) is 4.74 Å². The molecule has 0 aliphatic heterocycles. The van der Waals surface area contributed by atoms with Crippen LogP contribution in [0, 0.1) is 11.8 Å². The average Bonchev–Trinajstić information content (AvgIpc) is 3.40. The van der Waals surface area contributed by atoms with Gasteiger partial charge in [0.1, 0.15) is 0 Å². The van der Waals surface area contributed by atoms with Crippen LogP contribution in [0.2, 0.25) is 0 Å². The van der Waals surface area contributed by atoms with Gasteiger partial charge in [-0.2, -0.15) is 0 Å². The van der Waals surface area contributed by atoms with Gasteiger partial charge in [0.15, 0.2) is 0 Å². The van der Waals surface area contributed by atoms with Gasteiger partial charge in [0.05, 0.1) is 24.6 Å². The fourth-order valence-corrected chi connectivity index (χ4v) is 3.93. The number of pyridine rings is 1. The number of carbonyl (C=O) groups is 2. The molecule has 0 radical (unpaired) electrons. The Morgan fingerprint density at radius 2 is 1.70 bits per heavy atom. The highest BCUT2D eigenvalue weighted by Crippen LogP contribution is 2.29. The van der Waals surface area contributed by atoms with Crippen LogP contribution in [0.4, 0.5) is 16.2 Å². The molecular formula is C30H22N4O3. The van der Waals surface area contributed by atoms with Gasteiger partial charge < -0.3 is 20.4 Å². The lowest BCUT2D eigenvalue weighted by Gasteiger charge is -2.11. The Morgan fingerprint density at radius 3 is 2.54 bits per heavy atom. The molecule has 37 heavy (non-hydrogen) atoms. The summed E-state index contributed by atoms with van der Waals surface area (Å²) in [6.45, 7) is 0. The number of nitrogens with zero attached hydrogens (tertiary/aromatic N) is 1. The van der Waals surface area contributed by atoms with E-state index in [0.29, 0.717) is 22.5 Å². The third-order valence-corrected chi connectivity index (χ3v) is 5.73. The molecule has 2 amide bonds. The molecule has 5 aromatic rings. The smallest absolute Gasteiger partial charge is 0.339 e. The van der Waals surface area contributed by atoms with Crippen LogP contribution >= 0.6 is 0 Å². The summed E-state index contributed by atoms with van der Waals surface area (Å²) in [7, 11) is 1.34. The molecule has 3 N–H and O–H groups in total. The molecule has 180 valence electrons. The van der Waals surface area contributed by atoms with Crippen molar-refractivity contribution >= 4 is 34.3 Å². The molecule has 0 aliphatic rings. The average molecular weight is 487 g/mol. The van der Waals surface area contributed by atoms with Crippen molar-refractivity contribution in [2.75, 3.05) is 17.7 Å². The zero-order chi connectivity index (χ0) is 25.6. The summed E-state index contributed by atoms with van der Waals surface area (Å²) >= 11 is 0. The van der Waals surface area contributed by atoms with Crippen LogP contribution in [0.25, 0.3) is 22.0 Å². The summed E-state index contributed by atoms with van der Waals surface area (Å²) in [4.78, 5) is 32.0. The maximum atomic E-state index is 12.6. The standard InChI is InChI=1S/C30H22N4O3/c1-37-29(35)26-7-3-2-5-20(26)8-9-21-12-13-24(33-30(36)34-25-6-4-15-31-19-25)18-27(21)23-11-10-22-14-16-32-28(22)17-23/h2-7,10-19,32H,1H3,(H2,33,34,36). The second kappa shape index (κ2) is 10.5. The second-order valence-electron chi connectivity index (χ2n) is 8.15. The molecule has 2 aromatic heterocycles. The Bertz CT molecular complexity index is 1660. The van der Waals surface area contributed by atoms with Gasteiger partial charge in [-0.1, -0.05) is 36.1 Å². The van der Waals surface area contributed by atoms with Crippen LogP contribution in [-0.2, 0) is 4.74 Å². The van der Waals surface area contributed by atoms with E-state index < -0.39 is 5.97 Å². The van der Waals surface area contributed by atoms with Crippen LogP contribution in [0.3, 0.4) is 0 Å². The highest BCUT2D eigenvalue weighted by molar-refractivity contribution is 6.00. The number of hydrogen-bond acceptors (Lipinski definition) is 4. The Balaban J connectivity index is 1.52. The lowest BCUT2D eigenvalue weighted by Crippen LogP contribution is -2.19. The van der Waals surface area contributed by atoms with E-state index in [1.54, 1.807) is 48.8 Å². The number of methoxy groups -OCH3 is 1. The molecule has 0 bridgehead atoms. The minimum atomic E-state index is -0.443. The van der Waals surface area contributed by atoms with Crippen molar-refractivity contribution in [1.82, 2.24) is 9.97 Å². The predicted molar refractivity (Wildman–Crippen MR) is 144 cm³/mol. The third-order valence-electron chi connectivity index (χ3n) is 5.73. The number of hydrogen-bond donors (Lipinski definition) is 3. The maximum Gasteiger partial charge on any atom is 0.339 e. The van der Waals surface area contributed by atoms with Gasteiger partial charge in [-0.25, -0.2) is 9.59 Å². The summed E-state index contributed by atoms with van der Waals surface area (Å²) in [5.41, 5.74) is 5.64. The Kier molecular flexibility index (Phi) is 6.64. The van der Waals surface area contributed by atoms with Crippen LogP contribution in [0.5, 0.6) is 0 Å². The van der Waals surface area contributed by atoms with Gasteiger partial charge in [0, 0.05) is 34.7 Å². The van der Waals surface area contributed by atoms with Gasteiger partial charge in [-0.15, -0.1) is 0 Å². The second-order valence-corrected chi connectivity index (χ2v) is 8.15. The summed E-state index contributed by atoms with van der Waals surface area (Å²) in [5, 5.41) is 6.73. The number of esters is 1. The van der Waals surface area contributed by atoms with E-state index in [0.717, 1.165) is 27.6 Å². The van der Waals surface area contributed by atoms with E-state index in [2.05, 4.69) is 32.4 Å². The number of carbonyl (C=O) groups excluding carboxylic acids is 2. The number of aromatic nitrogens is 2. The molecule has 5 rings (SSSR count). The van der Waals surface area contributed by atoms with Gasteiger partial charge in [-0.3, -0.25) is 4.98 Å². The third kappa shape index (κ3) is 5.34. The summed E-state index contributed by atoms with van der Waals surface area (Å²) < 4.78 is 4.89. The molecule has 0 fully saturated rings. The number of nitrogens with one attached hydrogen (secondary N) is 3. The van der Waals surface area contributed by atoms with Crippen LogP contribution in [0.1, 0.15) is 21.5 Å². The Hall–Kier alpha value is -5.35. The Morgan fingerprint density at radius 1 is 0.865 bits per heavy atom. The van der Waals surface area contributed by atoms with Crippen molar-refractivity contribution in [2.45, 2.75) is 0 Å². The number of anilines is 2. The van der Waals surface area contributed by atoms with E-state index in [-0.39, 0.29) is 6.03 Å². The molecule has 0 saturated heterocycles. The molecule has 0 aliphatic carbocycles. The first-order chi connectivity index (χ1) is 18.1. The highest BCUT2D eigenvalue weighted by atomic mass is 16.5. The molecule has 2 heterocycles. The van der Waals surface area contributed by atoms with Crippen molar-refractivity contribution in [2.24, 2.45) is 0 Å².